The smallest absolute Gasteiger partial charge is 0.178 e. The Bertz CT molecular complexity index is 714. The number of benzene rings is 1. The van der Waals surface area contributed by atoms with Gasteiger partial charge in [-0.05, 0) is 30.9 Å². The average molecular weight is 270 g/mol. The normalized spacial score (nSPS) is 10.8. The fourth-order valence-corrected chi connectivity index (χ4v) is 2.99. The predicted molar refractivity (Wildman–Crippen MR) is 79.1 cm³/mol. The van der Waals surface area contributed by atoms with Crippen LogP contribution in [-0.2, 0) is 0 Å². The number of nitrogen functional groups attached to an aromatic ring is 1. The lowest BCUT2D eigenvalue weighted by Gasteiger charge is -2.05. The lowest BCUT2D eigenvalue weighted by atomic mass is 10.0. The Labute approximate surface area is 115 Å². The molecule has 2 aromatic heterocycles. The van der Waals surface area contributed by atoms with E-state index >= 15 is 0 Å². The van der Waals surface area contributed by atoms with Crippen LogP contribution in [0.25, 0.3) is 21.8 Å². The van der Waals surface area contributed by atoms with E-state index in [0.29, 0.717) is 5.82 Å². The second kappa shape index (κ2) is 4.55. The van der Waals surface area contributed by atoms with Crippen molar-refractivity contribution < 1.29 is 4.52 Å². The predicted octanol–water partition coefficient (Wildman–Crippen LogP) is 4.27. The van der Waals surface area contributed by atoms with Crippen LogP contribution >= 0.6 is 11.3 Å². The summed E-state index contributed by atoms with van der Waals surface area (Å²) in [7, 11) is 0. The molecule has 0 spiro atoms. The van der Waals surface area contributed by atoms with Crippen molar-refractivity contribution >= 4 is 17.2 Å². The van der Waals surface area contributed by atoms with Gasteiger partial charge in [-0.1, -0.05) is 35.0 Å². The van der Waals surface area contributed by atoms with Crippen LogP contribution in [0.5, 0.6) is 0 Å². The average Bonchev–Trinajstić information content (AvgIpc) is 2.98. The van der Waals surface area contributed by atoms with Gasteiger partial charge in [0.15, 0.2) is 11.6 Å². The first-order valence-corrected chi connectivity index (χ1v) is 6.91. The van der Waals surface area contributed by atoms with Crippen molar-refractivity contribution in [1.29, 1.82) is 0 Å². The zero-order valence-electron chi connectivity index (χ0n) is 10.8. The van der Waals surface area contributed by atoms with Gasteiger partial charge < -0.3 is 10.3 Å². The molecular weight excluding hydrogens is 256 g/mol. The summed E-state index contributed by atoms with van der Waals surface area (Å²) in [6.07, 6.45) is 0. The van der Waals surface area contributed by atoms with Crippen LogP contribution in [0.2, 0.25) is 0 Å². The molecule has 0 fully saturated rings. The topological polar surface area (TPSA) is 52.0 Å². The first-order valence-electron chi connectivity index (χ1n) is 6.03. The fourth-order valence-electron chi connectivity index (χ4n) is 2.21. The summed E-state index contributed by atoms with van der Waals surface area (Å²) < 4.78 is 5.46. The summed E-state index contributed by atoms with van der Waals surface area (Å²) in [5, 5.41) is 5.94. The quantitative estimate of drug-likeness (QED) is 0.756. The zero-order chi connectivity index (χ0) is 13.4. The monoisotopic (exact) mass is 270 g/mol. The number of aryl methyl sites for hydroxylation is 2. The zero-order valence-corrected chi connectivity index (χ0v) is 11.6. The molecule has 4 heteroatoms. The number of hydrogen-bond acceptors (Lipinski definition) is 4. The largest absolute Gasteiger partial charge is 0.380 e. The summed E-state index contributed by atoms with van der Waals surface area (Å²) in [5.41, 5.74) is 10.3. The van der Waals surface area contributed by atoms with E-state index in [9.17, 15) is 0 Å². The molecule has 2 N–H and O–H groups in total. The third kappa shape index (κ3) is 2.04. The van der Waals surface area contributed by atoms with E-state index < -0.39 is 0 Å². The molecule has 3 rings (SSSR count). The highest BCUT2D eigenvalue weighted by Crippen LogP contribution is 2.39. The Kier molecular flexibility index (Phi) is 2.87. The van der Waals surface area contributed by atoms with Gasteiger partial charge in [0, 0.05) is 10.4 Å². The van der Waals surface area contributed by atoms with Crippen molar-refractivity contribution in [3.8, 4) is 21.8 Å². The number of nitrogens with zero attached hydrogens (tertiary/aromatic N) is 1. The highest BCUT2D eigenvalue weighted by atomic mass is 32.1. The highest BCUT2D eigenvalue weighted by molar-refractivity contribution is 7.13. The molecule has 96 valence electrons. The summed E-state index contributed by atoms with van der Waals surface area (Å²) in [6.45, 7) is 4.14. The number of aromatic nitrogens is 1. The van der Waals surface area contributed by atoms with Crippen LogP contribution in [0.15, 0.2) is 40.2 Å². The highest BCUT2D eigenvalue weighted by Gasteiger charge is 2.19. The van der Waals surface area contributed by atoms with E-state index in [1.807, 2.05) is 17.5 Å². The Morgan fingerprint density at radius 2 is 2.05 bits per heavy atom. The molecule has 0 unspecified atom stereocenters. The maximum absolute atomic E-state index is 5.95. The standard InChI is InChI=1S/C15H14N2OS/c1-9-5-6-11(10(2)8-9)14-13(15(16)17-18-14)12-4-3-7-19-12/h3-8H,1-2H3,(H2,16,17). The molecule has 0 aliphatic heterocycles. The Hall–Kier alpha value is -2.07. The molecule has 19 heavy (non-hydrogen) atoms. The first-order chi connectivity index (χ1) is 9.16. The van der Waals surface area contributed by atoms with Crippen molar-refractivity contribution in [2.24, 2.45) is 0 Å². The van der Waals surface area contributed by atoms with E-state index in [2.05, 4.69) is 37.2 Å². The molecule has 3 nitrogen and oxygen atoms in total. The maximum atomic E-state index is 5.95. The molecule has 3 aromatic rings. The summed E-state index contributed by atoms with van der Waals surface area (Å²) in [5.74, 6) is 1.19. The number of hydrogen-bond donors (Lipinski definition) is 1. The van der Waals surface area contributed by atoms with Crippen molar-refractivity contribution in [2.45, 2.75) is 13.8 Å². The van der Waals surface area contributed by atoms with Gasteiger partial charge in [0.2, 0.25) is 0 Å². The first kappa shape index (κ1) is 12.0. The number of anilines is 1. The van der Waals surface area contributed by atoms with E-state index in [1.54, 1.807) is 11.3 Å². The van der Waals surface area contributed by atoms with Gasteiger partial charge in [-0.3, -0.25) is 0 Å². The van der Waals surface area contributed by atoms with Gasteiger partial charge in [-0.25, -0.2) is 0 Å². The van der Waals surface area contributed by atoms with Crippen LogP contribution in [0.1, 0.15) is 11.1 Å². The molecule has 0 atom stereocenters. The number of nitrogens with two attached hydrogens (primary N) is 1. The van der Waals surface area contributed by atoms with Crippen LogP contribution in [-0.4, -0.2) is 5.16 Å². The Morgan fingerprint density at radius 1 is 1.21 bits per heavy atom. The van der Waals surface area contributed by atoms with Crippen LogP contribution in [0.3, 0.4) is 0 Å². The number of rotatable bonds is 2. The minimum Gasteiger partial charge on any atom is -0.380 e. The van der Waals surface area contributed by atoms with E-state index in [0.717, 1.165) is 27.3 Å². The molecule has 0 saturated heterocycles. The number of thiophene rings is 1. The minimum atomic E-state index is 0.442. The van der Waals surface area contributed by atoms with Gasteiger partial charge in [-0.2, -0.15) is 0 Å². The molecular formula is C15H14N2OS. The Balaban J connectivity index is 2.21. The minimum absolute atomic E-state index is 0.442. The van der Waals surface area contributed by atoms with Crippen LogP contribution < -0.4 is 5.73 Å². The third-order valence-electron chi connectivity index (χ3n) is 3.11. The molecule has 0 aliphatic carbocycles. The van der Waals surface area contributed by atoms with Gasteiger partial charge >= 0.3 is 0 Å². The van der Waals surface area contributed by atoms with Crippen molar-refractivity contribution in [2.75, 3.05) is 5.73 Å². The Morgan fingerprint density at radius 3 is 2.74 bits per heavy atom. The molecule has 2 heterocycles. The van der Waals surface area contributed by atoms with E-state index in [1.165, 1.54) is 5.56 Å². The molecule has 1 aromatic carbocycles. The SMILES string of the molecule is Cc1ccc(-c2onc(N)c2-c2cccs2)c(C)c1. The van der Waals surface area contributed by atoms with Crippen molar-refractivity contribution in [1.82, 2.24) is 5.16 Å². The van der Waals surface area contributed by atoms with Crippen molar-refractivity contribution in [3.05, 3.63) is 46.8 Å². The van der Waals surface area contributed by atoms with E-state index in [-0.39, 0.29) is 0 Å². The van der Waals surface area contributed by atoms with Crippen molar-refractivity contribution in [3.63, 3.8) is 0 Å². The second-order valence-electron chi connectivity index (χ2n) is 4.57. The summed E-state index contributed by atoms with van der Waals surface area (Å²) in [6, 6.07) is 10.3. The molecule has 0 radical (unpaired) electrons. The molecule has 0 saturated carbocycles. The second-order valence-corrected chi connectivity index (χ2v) is 5.52. The van der Waals surface area contributed by atoms with Gasteiger partial charge in [-0.15, -0.1) is 11.3 Å². The molecule has 0 amide bonds. The fraction of sp³-hybridized carbons (Fsp3) is 0.133. The van der Waals surface area contributed by atoms with Crippen LogP contribution in [0.4, 0.5) is 5.82 Å². The maximum Gasteiger partial charge on any atom is 0.178 e. The molecule has 0 bridgehead atoms. The summed E-state index contributed by atoms with van der Waals surface area (Å²) >= 11 is 1.63. The van der Waals surface area contributed by atoms with Gasteiger partial charge in [0.05, 0.1) is 5.56 Å². The van der Waals surface area contributed by atoms with Crippen LogP contribution in [0, 0.1) is 13.8 Å². The lowest BCUT2D eigenvalue weighted by Crippen LogP contribution is -1.88. The van der Waals surface area contributed by atoms with E-state index in [4.69, 9.17) is 10.3 Å². The summed E-state index contributed by atoms with van der Waals surface area (Å²) in [4.78, 5) is 1.08. The third-order valence-corrected chi connectivity index (χ3v) is 4.00. The molecule has 0 aliphatic rings. The van der Waals surface area contributed by atoms with Gasteiger partial charge in [0.1, 0.15) is 0 Å². The van der Waals surface area contributed by atoms with Gasteiger partial charge in [0.25, 0.3) is 0 Å². The lowest BCUT2D eigenvalue weighted by molar-refractivity contribution is 0.436.